The van der Waals surface area contributed by atoms with Crippen molar-refractivity contribution in [1.29, 1.82) is 0 Å². The van der Waals surface area contributed by atoms with Crippen LogP contribution >= 0.6 is 0 Å². The average Bonchev–Trinajstić information content (AvgIpc) is 2.94. The summed E-state index contributed by atoms with van der Waals surface area (Å²) < 4.78 is 0. The molecule has 0 radical (unpaired) electrons. The molecule has 5 heteroatoms. The van der Waals surface area contributed by atoms with E-state index in [1.54, 1.807) is 43.6 Å². The maximum Gasteiger partial charge on any atom is 0.317 e. The molecule has 1 aromatic heterocycles. The Balaban J connectivity index is 2.55. The molecule has 2 rings (SSSR count). The number of aliphatic carboxylic acids is 1. The van der Waals surface area contributed by atoms with Crippen LogP contribution in [0.25, 0.3) is 0 Å². The second-order valence-electron chi connectivity index (χ2n) is 4.50. The van der Waals surface area contributed by atoms with E-state index in [1.165, 1.54) is 0 Å². The van der Waals surface area contributed by atoms with Gasteiger partial charge in [-0.25, -0.2) is 4.98 Å². The maximum atomic E-state index is 11.8. The highest BCUT2D eigenvalue weighted by Crippen LogP contribution is 2.37. The van der Waals surface area contributed by atoms with Crippen LogP contribution in [0.1, 0.15) is 24.2 Å². The van der Waals surface area contributed by atoms with Crippen molar-refractivity contribution in [3.8, 4) is 0 Å². The van der Waals surface area contributed by atoms with Gasteiger partial charge in [0.25, 0.3) is 0 Å². The van der Waals surface area contributed by atoms with Crippen LogP contribution in [0, 0.1) is 0 Å². The van der Waals surface area contributed by atoms with E-state index in [-0.39, 0.29) is 0 Å². The van der Waals surface area contributed by atoms with Crippen LogP contribution < -0.4 is 0 Å². The lowest BCUT2D eigenvalue weighted by molar-refractivity contribution is -0.146. The summed E-state index contributed by atoms with van der Waals surface area (Å²) in [6.07, 6.45) is 3.21. The van der Waals surface area contributed by atoms with Gasteiger partial charge in [-0.2, -0.15) is 0 Å². The summed E-state index contributed by atoms with van der Waals surface area (Å²) in [5, 5.41) is 19.4. The fourth-order valence-electron chi connectivity index (χ4n) is 2.34. The SMILES string of the molecule is CC(c1ncc[nH]1)[C@](CO)(C(=O)O)c1ccccc1. The number of carbonyl (C=O) groups is 1. The molecule has 0 aliphatic heterocycles. The van der Waals surface area contributed by atoms with Crippen molar-refractivity contribution in [3.05, 3.63) is 54.1 Å². The van der Waals surface area contributed by atoms with Crippen LogP contribution in [0.4, 0.5) is 0 Å². The minimum Gasteiger partial charge on any atom is -0.480 e. The van der Waals surface area contributed by atoms with Crippen molar-refractivity contribution in [1.82, 2.24) is 9.97 Å². The van der Waals surface area contributed by atoms with Crippen LogP contribution in [0.15, 0.2) is 42.7 Å². The standard InChI is InChI=1S/C14H16N2O3/c1-10(12-15-7-8-16-12)14(9-17,13(18)19)11-5-3-2-4-6-11/h2-8,10,17H,9H2,1H3,(H,15,16)(H,18,19)/t10?,14-/m0/s1. The van der Waals surface area contributed by atoms with Crippen LogP contribution in [0.2, 0.25) is 0 Å². The minimum atomic E-state index is -1.40. The lowest BCUT2D eigenvalue weighted by atomic mass is 9.71. The number of rotatable bonds is 5. The van der Waals surface area contributed by atoms with Gasteiger partial charge in [-0.05, 0) is 5.56 Å². The number of hydrogen-bond donors (Lipinski definition) is 3. The van der Waals surface area contributed by atoms with Crippen LogP contribution in [0.3, 0.4) is 0 Å². The lowest BCUT2D eigenvalue weighted by Crippen LogP contribution is -2.44. The molecule has 0 fully saturated rings. The fraction of sp³-hybridized carbons (Fsp3) is 0.286. The average molecular weight is 260 g/mol. The number of aliphatic hydroxyl groups excluding tert-OH is 1. The van der Waals surface area contributed by atoms with Crippen molar-refractivity contribution in [3.63, 3.8) is 0 Å². The molecule has 5 nitrogen and oxygen atoms in total. The van der Waals surface area contributed by atoms with Crippen molar-refractivity contribution in [2.45, 2.75) is 18.3 Å². The van der Waals surface area contributed by atoms with E-state index in [9.17, 15) is 15.0 Å². The third-order valence-electron chi connectivity index (χ3n) is 3.59. The van der Waals surface area contributed by atoms with Gasteiger partial charge in [-0.3, -0.25) is 4.79 Å². The van der Waals surface area contributed by atoms with Crippen molar-refractivity contribution in [2.75, 3.05) is 6.61 Å². The summed E-state index contributed by atoms with van der Waals surface area (Å²) in [4.78, 5) is 18.8. The number of benzene rings is 1. The summed E-state index contributed by atoms with van der Waals surface area (Å²) >= 11 is 0. The minimum absolute atomic E-state index is 0.479. The highest BCUT2D eigenvalue weighted by atomic mass is 16.4. The van der Waals surface area contributed by atoms with Gasteiger partial charge in [-0.1, -0.05) is 37.3 Å². The molecule has 1 aromatic carbocycles. The Morgan fingerprint density at radius 3 is 2.58 bits per heavy atom. The number of nitrogens with zero attached hydrogens (tertiary/aromatic N) is 1. The zero-order valence-corrected chi connectivity index (χ0v) is 10.6. The Kier molecular flexibility index (Phi) is 3.66. The number of H-pyrrole nitrogens is 1. The van der Waals surface area contributed by atoms with Crippen LogP contribution in [0.5, 0.6) is 0 Å². The molecular formula is C14H16N2O3. The zero-order chi connectivity index (χ0) is 13.9. The lowest BCUT2D eigenvalue weighted by Gasteiger charge is -2.32. The summed E-state index contributed by atoms with van der Waals surface area (Å²) in [6.45, 7) is 1.25. The number of aliphatic hydroxyl groups is 1. The summed E-state index contributed by atoms with van der Waals surface area (Å²) in [6, 6.07) is 8.76. The molecule has 0 aliphatic rings. The topological polar surface area (TPSA) is 86.2 Å². The number of aromatic amines is 1. The molecule has 0 spiro atoms. The predicted molar refractivity (Wildman–Crippen MR) is 69.8 cm³/mol. The van der Waals surface area contributed by atoms with Crippen molar-refractivity contribution >= 4 is 5.97 Å². The molecule has 3 N–H and O–H groups in total. The number of carboxylic acids is 1. The smallest absolute Gasteiger partial charge is 0.317 e. The Bertz CT molecular complexity index is 539. The van der Waals surface area contributed by atoms with Crippen molar-refractivity contribution < 1.29 is 15.0 Å². The first-order valence-electron chi connectivity index (χ1n) is 6.02. The van der Waals surface area contributed by atoms with Gasteiger partial charge < -0.3 is 15.2 Å². The molecule has 0 bridgehead atoms. The largest absolute Gasteiger partial charge is 0.480 e. The first kappa shape index (κ1) is 13.3. The molecule has 0 amide bonds. The van der Waals surface area contributed by atoms with Gasteiger partial charge in [0.15, 0.2) is 0 Å². The van der Waals surface area contributed by atoms with E-state index >= 15 is 0 Å². The highest BCUT2D eigenvalue weighted by Gasteiger charge is 2.46. The number of imidazole rings is 1. The molecule has 1 unspecified atom stereocenters. The molecule has 100 valence electrons. The molecule has 0 saturated heterocycles. The second-order valence-corrected chi connectivity index (χ2v) is 4.50. The van der Waals surface area contributed by atoms with Crippen LogP contribution in [-0.2, 0) is 10.2 Å². The fourth-order valence-corrected chi connectivity index (χ4v) is 2.34. The van der Waals surface area contributed by atoms with E-state index in [4.69, 9.17) is 0 Å². The molecule has 2 atom stereocenters. The third kappa shape index (κ3) is 2.13. The number of nitrogens with one attached hydrogen (secondary N) is 1. The molecule has 1 heterocycles. The number of aromatic nitrogens is 2. The first-order chi connectivity index (χ1) is 9.13. The predicted octanol–water partition coefficient (Wildman–Crippen LogP) is 1.53. The van der Waals surface area contributed by atoms with Gasteiger partial charge >= 0.3 is 5.97 Å². The number of carboxylic acid groups (broad SMARTS) is 1. The molecule has 0 aliphatic carbocycles. The molecule has 19 heavy (non-hydrogen) atoms. The van der Waals surface area contributed by atoms with Gasteiger partial charge in [-0.15, -0.1) is 0 Å². The van der Waals surface area contributed by atoms with Gasteiger partial charge in [0.1, 0.15) is 11.2 Å². The maximum absolute atomic E-state index is 11.8. The summed E-state index contributed by atoms with van der Waals surface area (Å²) in [5.74, 6) is -1.00. The highest BCUT2D eigenvalue weighted by molar-refractivity contribution is 5.83. The first-order valence-corrected chi connectivity index (χ1v) is 6.02. The van der Waals surface area contributed by atoms with Gasteiger partial charge in [0.05, 0.1) is 6.61 Å². The monoisotopic (exact) mass is 260 g/mol. The van der Waals surface area contributed by atoms with E-state index < -0.39 is 23.9 Å². The summed E-state index contributed by atoms with van der Waals surface area (Å²) in [7, 11) is 0. The van der Waals surface area contributed by atoms with E-state index in [1.807, 2.05) is 6.07 Å². The molecular weight excluding hydrogens is 244 g/mol. The number of hydrogen-bond acceptors (Lipinski definition) is 3. The van der Waals surface area contributed by atoms with E-state index in [0.29, 0.717) is 11.4 Å². The quantitative estimate of drug-likeness (QED) is 0.761. The van der Waals surface area contributed by atoms with E-state index in [2.05, 4.69) is 9.97 Å². The van der Waals surface area contributed by atoms with Crippen molar-refractivity contribution in [2.24, 2.45) is 0 Å². The van der Waals surface area contributed by atoms with Gasteiger partial charge in [0, 0.05) is 18.3 Å². The Labute approximate surface area is 110 Å². The van der Waals surface area contributed by atoms with Crippen LogP contribution in [-0.4, -0.2) is 32.8 Å². The Morgan fingerprint density at radius 2 is 2.11 bits per heavy atom. The molecule has 0 saturated carbocycles. The normalized spacial score (nSPS) is 15.7. The Hall–Kier alpha value is -2.14. The molecule has 2 aromatic rings. The van der Waals surface area contributed by atoms with Gasteiger partial charge in [0.2, 0.25) is 0 Å². The Morgan fingerprint density at radius 1 is 1.42 bits per heavy atom. The van der Waals surface area contributed by atoms with E-state index in [0.717, 1.165) is 0 Å². The summed E-state index contributed by atoms with van der Waals surface area (Å²) in [5.41, 5.74) is -0.840. The zero-order valence-electron chi connectivity index (χ0n) is 10.6. The third-order valence-corrected chi connectivity index (χ3v) is 3.59. The second kappa shape index (κ2) is 5.24.